The summed E-state index contributed by atoms with van der Waals surface area (Å²) in [4.78, 5) is 14.4. The molecule has 1 rings (SSSR count). The lowest BCUT2D eigenvalue weighted by Gasteiger charge is -2.25. The molecular formula is C16H24FNO3. The Morgan fingerprint density at radius 1 is 1.29 bits per heavy atom. The molecule has 0 aromatic heterocycles. The predicted molar refractivity (Wildman–Crippen MR) is 80.5 cm³/mol. The van der Waals surface area contributed by atoms with Crippen molar-refractivity contribution in [2.75, 3.05) is 33.9 Å². The molecule has 0 aliphatic carbocycles. The van der Waals surface area contributed by atoms with Gasteiger partial charge < -0.3 is 9.47 Å². The number of ether oxygens (including phenoxy) is 2. The molecule has 0 atom stereocenters. The van der Waals surface area contributed by atoms with E-state index in [9.17, 15) is 9.18 Å². The number of halogens is 1. The van der Waals surface area contributed by atoms with Crippen LogP contribution in [0.1, 0.15) is 30.6 Å². The van der Waals surface area contributed by atoms with Crippen LogP contribution in [0.4, 0.5) is 4.39 Å². The van der Waals surface area contributed by atoms with Crippen molar-refractivity contribution < 1.29 is 18.7 Å². The van der Waals surface area contributed by atoms with Gasteiger partial charge in [0, 0.05) is 32.7 Å². The van der Waals surface area contributed by atoms with E-state index < -0.39 is 5.82 Å². The smallest absolute Gasteiger partial charge is 0.170 e. The summed E-state index contributed by atoms with van der Waals surface area (Å²) < 4.78 is 24.0. The van der Waals surface area contributed by atoms with Crippen LogP contribution in [-0.4, -0.2) is 50.6 Å². The maximum atomic E-state index is 13.8. The molecule has 118 valence electrons. The largest absolute Gasteiger partial charge is 0.496 e. The highest BCUT2D eigenvalue weighted by molar-refractivity contribution is 5.99. The van der Waals surface area contributed by atoms with Gasteiger partial charge in [0.25, 0.3) is 0 Å². The Bertz CT molecular complexity index is 463. The van der Waals surface area contributed by atoms with Crippen molar-refractivity contribution in [3.63, 3.8) is 0 Å². The number of carbonyl (C=O) groups is 1. The van der Waals surface area contributed by atoms with Gasteiger partial charge >= 0.3 is 0 Å². The van der Waals surface area contributed by atoms with E-state index in [0.29, 0.717) is 19.2 Å². The van der Waals surface area contributed by atoms with Crippen LogP contribution in [0.5, 0.6) is 5.75 Å². The Kier molecular flexibility index (Phi) is 7.32. The lowest BCUT2D eigenvalue weighted by Crippen LogP contribution is -2.35. The third-order valence-electron chi connectivity index (χ3n) is 3.41. The first-order valence-corrected chi connectivity index (χ1v) is 7.10. The van der Waals surface area contributed by atoms with Crippen LogP contribution < -0.4 is 4.74 Å². The minimum Gasteiger partial charge on any atom is -0.496 e. The van der Waals surface area contributed by atoms with E-state index in [-0.39, 0.29) is 23.5 Å². The first-order chi connectivity index (χ1) is 10.0. The second-order valence-electron chi connectivity index (χ2n) is 5.11. The standard InChI is InChI=1S/C16H24FNO3/c1-12(2)18(10-11-20-3)9-8-14(19)16-13(17)6-5-7-15(16)21-4/h5-7,12H,8-11H2,1-4H3. The molecule has 0 spiro atoms. The maximum absolute atomic E-state index is 13.8. The minimum absolute atomic E-state index is 0.0375. The lowest BCUT2D eigenvalue weighted by atomic mass is 10.1. The highest BCUT2D eigenvalue weighted by Crippen LogP contribution is 2.22. The van der Waals surface area contributed by atoms with Gasteiger partial charge in [-0.1, -0.05) is 6.07 Å². The Morgan fingerprint density at radius 3 is 2.57 bits per heavy atom. The van der Waals surface area contributed by atoms with Crippen molar-refractivity contribution in [1.29, 1.82) is 0 Å². The van der Waals surface area contributed by atoms with Gasteiger partial charge in [-0.05, 0) is 26.0 Å². The third kappa shape index (κ3) is 5.10. The fraction of sp³-hybridized carbons (Fsp3) is 0.562. The summed E-state index contributed by atoms with van der Waals surface area (Å²) in [7, 11) is 3.08. The van der Waals surface area contributed by atoms with Gasteiger partial charge in [-0.3, -0.25) is 9.69 Å². The Hall–Kier alpha value is -1.46. The zero-order chi connectivity index (χ0) is 15.8. The third-order valence-corrected chi connectivity index (χ3v) is 3.41. The molecule has 1 aromatic rings. The topological polar surface area (TPSA) is 38.8 Å². The van der Waals surface area contributed by atoms with Gasteiger partial charge in [-0.15, -0.1) is 0 Å². The highest BCUT2D eigenvalue weighted by atomic mass is 19.1. The van der Waals surface area contributed by atoms with Gasteiger partial charge in [-0.25, -0.2) is 4.39 Å². The molecule has 0 fully saturated rings. The number of carbonyl (C=O) groups excluding carboxylic acids is 1. The van der Waals surface area contributed by atoms with Crippen molar-refractivity contribution in [3.05, 3.63) is 29.6 Å². The molecule has 0 bridgehead atoms. The van der Waals surface area contributed by atoms with E-state index in [0.717, 1.165) is 6.54 Å². The van der Waals surface area contributed by atoms with Gasteiger partial charge in [-0.2, -0.15) is 0 Å². The number of nitrogens with zero attached hydrogens (tertiary/aromatic N) is 1. The second kappa shape index (κ2) is 8.74. The summed E-state index contributed by atoms with van der Waals surface area (Å²) in [6.45, 7) is 6.04. The van der Waals surface area contributed by atoms with Gasteiger partial charge in [0.05, 0.1) is 19.3 Å². The van der Waals surface area contributed by atoms with Crippen LogP contribution in [0.25, 0.3) is 0 Å². The monoisotopic (exact) mass is 297 g/mol. The molecule has 0 saturated heterocycles. The van der Waals surface area contributed by atoms with Gasteiger partial charge in [0.15, 0.2) is 5.78 Å². The fourth-order valence-electron chi connectivity index (χ4n) is 2.15. The van der Waals surface area contributed by atoms with Gasteiger partial charge in [0.2, 0.25) is 0 Å². The number of benzene rings is 1. The number of hydrogen-bond donors (Lipinski definition) is 0. The molecule has 0 unspecified atom stereocenters. The summed E-state index contributed by atoms with van der Waals surface area (Å²) in [5.74, 6) is -0.492. The Morgan fingerprint density at radius 2 is 2.00 bits per heavy atom. The second-order valence-corrected chi connectivity index (χ2v) is 5.11. The molecule has 0 saturated carbocycles. The van der Waals surface area contributed by atoms with E-state index in [1.807, 2.05) is 0 Å². The predicted octanol–water partition coefficient (Wildman–Crippen LogP) is 2.76. The Balaban J connectivity index is 2.72. The normalized spacial score (nSPS) is 11.2. The van der Waals surface area contributed by atoms with Gasteiger partial charge in [0.1, 0.15) is 11.6 Å². The van der Waals surface area contributed by atoms with E-state index in [1.165, 1.54) is 19.2 Å². The number of rotatable bonds is 9. The molecule has 0 aliphatic heterocycles. The summed E-state index contributed by atoms with van der Waals surface area (Å²) in [5.41, 5.74) is 0.0375. The Labute approximate surface area is 125 Å². The maximum Gasteiger partial charge on any atom is 0.170 e. The molecule has 5 heteroatoms. The minimum atomic E-state index is -0.535. The van der Waals surface area contributed by atoms with Crippen molar-refractivity contribution in [3.8, 4) is 5.75 Å². The van der Waals surface area contributed by atoms with E-state index in [4.69, 9.17) is 9.47 Å². The molecule has 0 heterocycles. The average molecular weight is 297 g/mol. The molecular weight excluding hydrogens is 273 g/mol. The molecule has 21 heavy (non-hydrogen) atoms. The molecule has 0 aliphatic rings. The van der Waals surface area contributed by atoms with Crippen molar-refractivity contribution >= 4 is 5.78 Å². The molecule has 0 amide bonds. The first kappa shape index (κ1) is 17.6. The van der Waals surface area contributed by atoms with Crippen LogP contribution in [0, 0.1) is 5.82 Å². The zero-order valence-corrected chi connectivity index (χ0v) is 13.2. The summed E-state index contributed by atoms with van der Waals surface area (Å²) in [5, 5.41) is 0. The number of methoxy groups -OCH3 is 2. The van der Waals surface area contributed by atoms with Crippen LogP contribution in [-0.2, 0) is 4.74 Å². The van der Waals surface area contributed by atoms with Crippen molar-refractivity contribution in [1.82, 2.24) is 4.90 Å². The van der Waals surface area contributed by atoms with Crippen LogP contribution in [0.15, 0.2) is 18.2 Å². The molecule has 0 radical (unpaired) electrons. The quantitative estimate of drug-likeness (QED) is 0.657. The van der Waals surface area contributed by atoms with Crippen molar-refractivity contribution in [2.45, 2.75) is 26.3 Å². The van der Waals surface area contributed by atoms with Crippen LogP contribution >= 0.6 is 0 Å². The van der Waals surface area contributed by atoms with Crippen LogP contribution in [0.2, 0.25) is 0 Å². The van der Waals surface area contributed by atoms with E-state index in [2.05, 4.69) is 18.7 Å². The summed E-state index contributed by atoms with van der Waals surface area (Å²) in [6.07, 6.45) is 0.249. The summed E-state index contributed by atoms with van der Waals surface area (Å²) >= 11 is 0. The number of hydrogen-bond acceptors (Lipinski definition) is 4. The fourth-order valence-corrected chi connectivity index (χ4v) is 2.15. The zero-order valence-electron chi connectivity index (χ0n) is 13.2. The van der Waals surface area contributed by atoms with Crippen LogP contribution in [0.3, 0.4) is 0 Å². The molecule has 4 nitrogen and oxygen atoms in total. The van der Waals surface area contributed by atoms with E-state index in [1.54, 1.807) is 13.2 Å². The van der Waals surface area contributed by atoms with Crippen molar-refractivity contribution in [2.24, 2.45) is 0 Å². The highest BCUT2D eigenvalue weighted by Gasteiger charge is 2.19. The SMILES string of the molecule is COCCN(CCC(=O)c1c(F)cccc1OC)C(C)C. The number of Topliss-reactive ketones (excluding diaryl/α,β-unsaturated/α-hetero) is 1. The van der Waals surface area contributed by atoms with E-state index >= 15 is 0 Å². The number of ketones is 1. The molecule has 0 N–H and O–H groups in total. The average Bonchev–Trinajstić information content (AvgIpc) is 2.46. The lowest BCUT2D eigenvalue weighted by molar-refractivity contribution is 0.0921. The molecule has 1 aromatic carbocycles. The first-order valence-electron chi connectivity index (χ1n) is 7.10. The summed E-state index contributed by atoms with van der Waals surface area (Å²) in [6, 6.07) is 4.71.